The molecule has 1 atom stereocenters. The van der Waals surface area contributed by atoms with Crippen molar-refractivity contribution in [1.29, 1.82) is 0 Å². The lowest BCUT2D eigenvalue weighted by Gasteiger charge is -2.17. The maximum absolute atomic E-state index is 12.5. The molecule has 1 aliphatic rings. The van der Waals surface area contributed by atoms with Crippen LogP contribution in [0.4, 0.5) is 0 Å². The van der Waals surface area contributed by atoms with E-state index in [9.17, 15) is 14.4 Å². The molecule has 1 unspecified atom stereocenters. The van der Waals surface area contributed by atoms with Gasteiger partial charge < -0.3 is 24.8 Å². The molecule has 0 aromatic heterocycles. The minimum Gasteiger partial charge on any atom is -0.454 e. The third kappa shape index (κ3) is 6.54. The molecule has 170 valence electrons. The van der Waals surface area contributed by atoms with Crippen LogP contribution in [0.5, 0.6) is 11.5 Å². The highest BCUT2D eigenvalue weighted by atomic mass is 35.5. The van der Waals surface area contributed by atoms with Crippen LogP contribution in [0.3, 0.4) is 0 Å². The Labute approximate surface area is 194 Å². The molecule has 10 heteroatoms. The summed E-state index contributed by atoms with van der Waals surface area (Å²) in [5, 5.41) is 5.61. The number of fused-ring (bicyclic) bond motifs is 1. The van der Waals surface area contributed by atoms with Crippen LogP contribution < -0.4 is 20.1 Å². The number of hydrogen-bond acceptors (Lipinski definition) is 7. The molecular weight excluding hydrogens is 456 g/mol. The lowest BCUT2D eigenvalue weighted by atomic mass is 10.1. The van der Waals surface area contributed by atoms with Gasteiger partial charge in [0.1, 0.15) is 6.04 Å². The molecule has 3 rings (SSSR count). The van der Waals surface area contributed by atoms with Gasteiger partial charge in [0.05, 0.1) is 10.6 Å². The molecule has 2 N–H and O–H groups in total. The van der Waals surface area contributed by atoms with E-state index in [1.54, 1.807) is 36.4 Å². The van der Waals surface area contributed by atoms with Crippen molar-refractivity contribution in [2.24, 2.45) is 0 Å². The van der Waals surface area contributed by atoms with E-state index in [-0.39, 0.29) is 23.9 Å². The Morgan fingerprint density at radius 2 is 1.94 bits per heavy atom. The SMILES string of the molecule is CSCCC(NC(=O)c1ccccc1Cl)C(=O)OCC(=O)NCc1ccc2c(c1)OCO2. The number of rotatable bonds is 10. The predicted octanol–water partition coefficient (Wildman–Crippen LogP) is 2.78. The van der Waals surface area contributed by atoms with E-state index < -0.39 is 30.4 Å². The van der Waals surface area contributed by atoms with Crippen molar-refractivity contribution in [1.82, 2.24) is 10.6 Å². The number of amides is 2. The third-order valence-corrected chi connectivity index (χ3v) is 5.56. The number of benzene rings is 2. The van der Waals surface area contributed by atoms with Crippen molar-refractivity contribution in [2.45, 2.75) is 19.0 Å². The second-order valence-electron chi connectivity index (χ2n) is 6.86. The van der Waals surface area contributed by atoms with Crippen LogP contribution in [0.25, 0.3) is 0 Å². The van der Waals surface area contributed by atoms with Gasteiger partial charge in [-0.2, -0.15) is 11.8 Å². The molecule has 0 radical (unpaired) electrons. The first-order valence-corrected chi connectivity index (χ1v) is 11.6. The first kappa shape index (κ1) is 23.7. The topological polar surface area (TPSA) is 103 Å². The molecule has 0 bridgehead atoms. The number of nitrogens with one attached hydrogen (secondary N) is 2. The second-order valence-corrected chi connectivity index (χ2v) is 8.25. The van der Waals surface area contributed by atoms with Crippen molar-refractivity contribution in [3.05, 3.63) is 58.6 Å². The highest BCUT2D eigenvalue weighted by Gasteiger charge is 2.24. The molecule has 0 spiro atoms. The monoisotopic (exact) mass is 478 g/mol. The summed E-state index contributed by atoms with van der Waals surface area (Å²) in [4.78, 5) is 37.2. The fourth-order valence-electron chi connectivity index (χ4n) is 2.91. The standard InChI is InChI=1S/C22H23ClN2O6S/c1-32-9-8-17(25-21(27)15-4-2-3-5-16(15)23)22(28)29-12-20(26)24-11-14-6-7-18-19(10-14)31-13-30-18/h2-7,10,17H,8-9,11-13H2,1H3,(H,24,26)(H,25,27). The van der Waals surface area contributed by atoms with Gasteiger partial charge in [-0.15, -0.1) is 0 Å². The van der Waals surface area contributed by atoms with E-state index in [0.717, 1.165) is 5.56 Å². The molecule has 2 aromatic carbocycles. The van der Waals surface area contributed by atoms with Crippen molar-refractivity contribution < 1.29 is 28.6 Å². The average Bonchev–Trinajstić information content (AvgIpc) is 3.27. The molecule has 2 aromatic rings. The zero-order valence-corrected chi connectivity index (χ0v) is 19.0. The van der Waals surface area contributed by atoms with Gasteiger partial charge in [0.2, 0.25) is 6.79 Å². The van der Waals surface area contributed by atoms with Crippen LogP contribution in [-0.2, 0) is 20.9 Å². The van der Waals surface area contributed by atoms with E-state index in [0.29, 0.717) is 23.7 Å². The summed E-state index contributed by atoms with van der Waals surface area (Å²) in [5.74, 6) is 0.276. The van der Waals surface area contributed by atoms with E-state index in [4.69, 9.17) is 25.8 Å². The normalized spacial score (nSPS) is 12.7. The van der Waals surface area contributed by atoms with Gasteiger partial charge in [-0.05, 0) is 48.3 Å². The molecule has 1 heterocycles. The van der Waals surface area contributed by atoms with Crippen molar-refractivity contribution in [3.63, 3.8) is 0 Å². The van der Waals surface area contributed by atoms with Crippen LogP contribution >= 0.6 is 23.4 Å². The summed E-state index contributed by atoms with van der Waals surface area (Å²) in [6, 6.07) is 11.0. The Bertz CT molecular complexity index is 987. The van der Waals surface area contributed by atoms with Crippen LogP contribution in [0.1, 0.15) is 22.3 Å². The Morgan fingerprint density at radius 1 is 1.16 bits per heavy atom. The Hall–Kier alpha value is -2.91. The van der Waals surface area contributed by atoms with Crippen molar-refractivity contribution in [3.8, 4) is 11.5 Å². The zero-order chi connectivity index (χ0) is 22.9. The smallest absolute Gasteiger partial charge is 0.329 e. The largest absolute Gasteiger partial charge is 0.454 e. The number of esters is 1. The minimum absolute atomic E-state index is 0.172. The second kappa shape index (κ2) is 11.6. The summed E-state index contributed by atoms with van der Waals surface area (Å²) in [5.41, 5.74) is 1.08. The van der Waals surface area contributed by atoms with Crippen molar-refractivity contribution in [2.75, 3.05) is 25.4 Å². The summed E-state index contributed by atoms with van der Waals surface area (Å²) >= 11 is 7.59. The lowest BCUT2D eigenvalue weighted by molar-refractivity contribution is -0.150. The predicted molar refractivity (Wildman–Crippen MR) is 121 cm³/mol. The fourth-order valence-corrected chi connectivity index (χ4v) is 3.60. The van der Waals surface area contributed by atoms with Crippen LogP contribution in [0.15, 0.2) is 42.5 Å². The van der Waals surface area contributed by atoms with Gasteiger partial charge in [0, 0.05) is 6.54 Å². The number of halogens is 1. The Balaban J connectivity index is 1.49. The number of carbonyl (C=O) groups excluding carboxylic acids is 3. The molecule has 0 saturated carbocycles. The molecule has 32 heavy (non-hydrogen) atoms. The molecule has 1 aliphatic heterocycles. The van der Waals surface area contributed by atoms with Gasteiger partial charge in [-0.25, -0.2) is 4.79 Å². The van der Waals surface area contributed by atoms with Gasteiger partial charge in [-0.3, -0.25) is 9.59 Å². The molecule has 0 fully saturated rings. The maximum atomic E-state index is 12.5. The summed E-state index contributed by atoms with van der Waals surface area (Å²) in [7, 11) is 0. The molecular formula is C22H23ClN2O6S. The fraction of sp³-hybridized carbons (Fsp3) is 0.318. The molecule has 2 amide bonds. The Kier molecular flexibility index (Phi) is 8.64. The van der Waals surface area contributed by atoms with E-state index in [2.05, 4.69) is 10.6 Å². The van der Waals surface area contributed by atoms with Crippen LogP contribution in [0.2, 0.25) is 5.02 Å². The highest BCUT2D eigenvalue weighted by Crippen LogP contribution is 2.32. The maximum Gasteiger partial charge on any atom is 0.329 e. The highest BCUT2D eigenvalue weighted by molar-refractivity contribution is 7.98. The van der Waals surface area contributed by atoms with Gasteiger partial charge in [0.25, 0.3) is 11.8 Å². The van der Waals surface area contributed by atoms with Gasteiger partial charge >= 0.3 is 5.97 Å². The van der Waals surface area contributed by atoms with Crippen LogP contribution in [0, 0.1) is 0 Å². The number of hydrogen-bond donors (Lipinski definition) is 2. The summed E-state index contributed by atoms with van der Waals surface area (Å²) in [6.07, 6.45) is 2.25. The molecule has 0 aliphatic carbocycles. The third-order valence-electron chi connectivity index (χ3n) is 4.59. The number of carbonyl (C=O) groups is 3. The summed E-state index contributed by atoms with van der Waals surface area (Å²) < 4.78 is 15.7. The first-order valence-electron chi connectivity index (χ1n) is 9.84. The average molecular weight is 479 g/mol. The van der Waals surface area contributed by atoms with Crippen molar-refractivity contribution >= 4 is 41.1 Å². The van der Waals surface area contributed by atoms with Gasteiger partial charge in [-0.1, -0.05) is 29.8 Å². The van der Waals surface area contributed by atoms with E-state index in [1.807, 2.05) is 12.3 Å². The van der Waals surface area contributed by atoms with E-state index >= 15 is 0 Å². The number of thioether (sulfide) groups is 1. The minimum atomic E-state index is -0.895. The quantitative estimate of drug-likeness (QED) is 0.506. The molecule has 8 nitrogen and oxygen atoms in total. The van der Waals surface area contributed by atoms with Crippen LogP contribution in [-0.4, -0.2) is 49.2 Å². The Morgan fingerprint density at radius 3 is 2.72 bits per heavy atom. The summed E-state index contributed by atoms with van der Waals surface area (Å²) in [6.45, 7) is -0.0426. The lowest BCUT2D eigenvalue weighted by Crippen LogP contribution is -2.43. The zero-order valence-electron chi connectivity index (χ0n) is 17.4. The van der Waals surface area contributed by atoms with E-state index in [1.165, 1.54) is 11.8 Å². The van der Waals surface area contributed by atoms with Gasteiger partial charge in [0.15, 0.2) is 18.1 Å². The first-order chi connectivity index (χ1) is 15.5. The molecule has 0 saturated heterocycles. The number of ether oxygens (including phenoxy) is 3.